The van der Waals surface area contributed by atoms with Gasteiger partial charge in [0.15, 0.2) is 5.82 Å². The molecule has 162 valence electrons. The molecule has 31 heavy (non-hydrogen) atoms. The molecule has 0 radical (unpaired) electrons. The number of unbranched alkanes of at least 4 members (excludes halogenated alkanes) is 1. The smallest absolute Gasteiger partial charge is 0.405 e. The lowest BCUT2D eigenvalue weighted by Crippen LogP contribution is -2.27. The van der Waals surface area contributed by atoms with Crippen molar-refractivity contribution in [2.75, 3.05) is 6.54 Å². The van der Waals surface area contributed by atoms with Crippen LogP contribution in [0.5, 0.6) is 0 Å². The lowest BCUT2D eigenvalue weighted by Gasteiger charge is -2.12. The zero-order chi connectivity index (χ0) is 22.1. The molecule has 0 saturated heterocycles. The van der Waals surface area contributed by atoms with Crippen molar-refractivity contribution in [1.29, 1.82) is 0 Å². The normalized spacial score (nSPS) is 11.6. The van der Waals surface area contributed by atoms with Crippen molar-refractivity contribution in [3.05, 3.63) is 71.9 Å². The Kier molecular flexibility index (Phi) is 7.58. The lowest BCUT2D eigenvalue weighted by atomic mass is 10.0. The molecule has 0 aliphatic rings. The van der Waals surface area contributed by atoms with Gasteiger partial charge in [-0.3, -0.25) is 0 Å². The lowest BCUT2D eigenvalue weighted by molar-refractivity contribution is 0.184. The van der Waals surface area contributed by atoms with Crippen LogP contribution in [0.2, 0.25) is 0 Å². The number of hydrogen-bond donors (Lipinski definition) is 4. The standard InChI is InChI=1S/C22H24N4O5/c27-21(28)23-13-5-4-8-18(24-22(29)30)20-25-19(26-31-20)14-15-9-11-17(12-10-15)16-6-2-1-3-7-16/h1-3,6-7,9-12,18,23-24H,4-5,8,13-14H2,(H,27,28)(H,29,30). The highest BCUT2D eigenvalue weighted by Crippen LogP contribution is 2.21. The number of carboxylic acid groups (broad SMARTS) is 2. The van der Waals surface area contributed by atoms with Crippen molar-refractivity contribution in [2.24, 2.45) is 0 Å². The van der Waals surface area contributed by atoms with E-state index in [9.17, 15) is 9.59 Å². The van der Waals surface area contributed by atoms with Gasteiger partial charge in [-0.15, -0.1) is 0 Å². The highest BCUT2D eigenvalue weighted by Gasteiger charge is 2.21. The van der Waals surface area contributed by atoms with Gasteiger partial charge >= 0.3 is 12.2 Å². The molecule has 9 heteroatoms. The van der Waals surface area contributed by atoms with Gasteiger partial charge in [0, 0.05) is 13.0 Å². The highest BCUT2D eigenvalue weighted by molar-refractivity contribution is 5.65. The fourth-order valence-corrected chi connectivity index (χ4v) is 3.18. The average molecular weight is 424 g/mol. The quantitative estimate of drug-likeness (QED) is 0.360. The van der Waals surface area contributed by atoms with Crippen LogP contribution in [0.4, 0.5) is 9.59 Å². The van der Waals surface area contributed by atoms with Crippen LogP contribution in [-0.4, -0.2) is 39.1 Å². The molecule has 0 bridgehead atoms. The number of nitrogens with zero attached hydrogens (tertiary/aromatic N) is 2. The molecule has 2 aromatic carbocycles. The molecule has 3 aromatic rings. The van der Waals surface area contributed by atoms with E-state index in [0.717, 1.165) is 16.7 Å². The fourth-order valence-electron chi connectivity index (χ4n) is 3.18. The Bertz CT molecular complexity index is 989. The van der Waals surface area contributed by atoms with Crippen LogP contribution < -0.4 is 10.6 Å². The van der Waals surface area contributed by atoms with E-state index in [4.69, 9.17) is 14.7 Å². The summed E-state index contributed by atoms with van der Waals surface area (Å²) < 4.78 is 5.29. The van der Waals surface area contributed by atoms with Crippen LogP contribution in [0.15, 0.2) is 59.1 Å². The van der Waals surface area contributed by atoms with Gasteiger partial charge in [0.1, 0.15) is 6.04 Å². The molecule has 2 amide bonds. The maximum Gasteiger partial charge on any atom is 0.405 e. The van der Waals surface area contributed by atoms with E-state index in [1.54, 1.807) is 0 Å². The molecule has 9 nitrogen and oxygen atoms in total. The van der Waals surface area contributed by atoms with Gasteiger partial charge in [0.2, 0.25) is 5.89 Å². The van der Waals surface area contributed by atoms with E-state index in [1.807, 2.05) is 54.6 Å². The summed E-state index contributed by atoms with van der Waals surface area (Å²) in [4.78, 5) is 25.9. The molecule has 0 aliphatic carbocycles. The van der Waals surface area contributed by atoms with Gasteiger partial charge < -0.3 is 25.4 Å². The number of amides is 2. The Morgan fingerprint density at radius 1 is 0.935 bits per heavy atom. The summed E-state index contributed by atoms with van der Waals surface area (Å²) in [7, 11) is 0. The number of aromatic nitrogens is 2. The zero-order valence-corrected chi connectivity index (χ0v) is 16.8. The second-order valence-electron chi connectivity index (χ2n) is 7.02. The Hall–Kier alpha value is -3.88. The molecule has 1 aromatic heterocycles. The molecule has 1 heterocycles. The van der Waals surface area contributed by atoms with Crippen LogP contribution in [0.3, 0.4) is 0 Å². The number of hydrogen-bond acceptors (Lipinski definition) is 5. The van der Waals surface area contributed by atoms with Gasteiger partial charge in [0.25, 0.3) is 0 Å². The minimum atomic E-state index is -1.19. The maximum atomic E-state index is 11.1. The van der Waals surface area contributed by atoms with Crippen molar-refractivity contribution in [1.82, 2.24) is 20.8 Å². The molecule has 0 spiro atoms. The zero-order valence-electron chi connectivity index (χ0n) is 16.8. The molecule has 0 saturated carbocycles. The molecule has 4 N–H and O–H groups in total. The Morgan fingerprint density at radius 3 is 2.32 bits per heavy atom. The molecule has 0 fully saturated rings. The molecule has 1 unspecified atom stereocenters. The first-order chi connectivity index (χ1) is 15.0. The predicted octanol–water partition coefficient (Wildman–Crippen LogP) is 4.07. The van der Waals surface area contributed by atoms with E-state index in [2.05, 4.69) is 20.8 Å². The number of carbonyl (C=O) groups is 2. The molecule has 1 atom stereocenters. The summed E-state index contributed by atoms with van der Waals surface area (Å²) in [5.41, 5.74) is 3.26. The van der Waals surface area contributed by atoms with Crippen molar-refractivity contribution >= 4 is 12.2 Å². The van der Waals surface area contributed by atoms with Crippen molar-refractivity contribution in [3.63, 3.8) is 0 Å². The SMILES string of the molecule is O=C(O)NCCCCC(NC(=O)O)c1nc(Cc2ccc(-c3ccccc3)cc2)no1. The van der Waals surface area contributed by atoms with Gasteiger partial charge in [-0.2, -0.15) is 4.98 Å². The first-order valence-electron chi connectivity index (χ1n) is 9.94. The molecular formula is C22H24N4O5. The second kappa shape index (κ2) is 10.8. The number of benzene rings is 2. The summed E-state index contributed by atoms with van der Waals surface area (Å²) in [6, 6.07) is 17.5. The molecule has 3 rings (SSSR count). The van der Waals surface area contributed by atoms with E-state index < -0.39 is 18.2 Å². The third-order valence-electron chi connectivity index (χ3n) is 4.70. The minimum absolute atomic E-state index is 0.199. The van der Waals surface area contributed by atoms with Crippen LogP contribution in [0.1, 0.15) is 42.6 Å². The third kappa shape index (κ3) is 6.84. The Balaban J connectivity index is 1.59. The van der Waals surface area contributed by atoms with E-state index in [1.165, 1.54) is 0 Å². The van der Waals surface area contributed by atoms with Gasteiger partial charge in [-0.1, -0.05) is 59.8 Å². The first-order valence-corrected chi connectivity index (χ1v) is 9.94. The van der Waals surface area contributed by atoms with E-state index in [-0.39, 0.29) is 5.89 Å². The molecule has 0 aliphatic heterocycles. The second-order valence-corrected chi connectivity index (χ2v) is 7.02. The van der Waals surface area contributed by atoms with E-state index >= 15 is 0 Å². The summed E-state index contributed by atoms with van der Waals surface area (Å²) in [5, 5.41) is 26.3. The predicted molar refractivity (Wildman–Crippen MR) is 113 cm³/mol. The fraction of sp³-hybridized carbons (Fsp3) is 0.273. The van der Waals surface area contributed by atoms with E-state index in [0.29, 0.717) is 38.1 Å². The summed E-state index contributed by atoms with van der Waals surface area (Å²) in [5.74, 6) is 0.664. The van der Waals surface area contributed by atoms with Crippen LogP contribution in [-0.2, 0) is 6.42 Å². The highest BCUT2D eigenvalue weighted by atomic mass is 16.5. The third-order valence-corrected chi connectivity index (χ3v) is 4.70. The minimum Gasteiger partial charge on any atom is -0.465 e. The van der Waals surface area contributed by atoms with Crippen LogP contribution in [0, 0.1) is 0 Å². The number of nitrogens with one attached hydrogen (secondary N) is 2. The topological polar surface area (TPSA) is 138 Å². The van der Waals surface area contributed by atoms with Gasteiger partial charge in [0.05, 0.1) is 0 Å². The van der Waals surface area contributed by atoms with Crippen molar-refractivity contribution in [2.45, 2.75) is 31.7 Å². The van der Waals surface area contributed by atoms with Crippen LogP contribution in [0.25, 0.3) is 11.1 Å². The van der Waals surface area contributed by atoms with Crippen LogP contribution >= 0.6 is 0 Å². The Labute approximate surface area is 179 Å². The molecular weight excluding hydrogens is 400 g/mol. The monoisotopic (exact) mass is 424 g/mol. The first kappa shape index (κ1) is 21.8. The van der Waals surface area contributed by atoms with Crippen molar-refractivity contribution in [3.8, 4) is 11.1 Å². The maximum absolute atomic E-state index is 11.1. The number of rotatable bonds is 10. The van der Waals surface area contributed by atoms with Crippen molar-refractivity contribution < 1.29 is 24.3 Å². The van der Waals surface area contributed by atoms with Gasteiger partial charge in [-0.25, -0.2) is 9.59 Å². The Morgan fingerprint density at radius 2 is 1.65 bits per heavy atom. The summed E-state index contributed by atoms with van der Waals surface area (Å²) >= 11 is 0. The summed E-state index contributed by atoms with van der Waals surface area (Å²) in [6.45, 7) is 0.295. The summed E-state index contributed by atoms with van der Waals surface area (Å²) in [6.07, 6.45) is -0.242. The van der Waals surface area contributed by atoms with Gasteiger partial charge in [-0.05, 0) is 36.0 Å². The largest absolute Gasteiger partial charge is 0.465 e. The average Bonchev–Trinajstić information content (AvgIpc) is 3.22.